The van der Waals surface area contributed by atoms with Crippen molar-refractivity contribution in [1.29, 1.82) is 0 Å². The minimum Gasteiger partial charge on any atom is -0.424 e. The molecule has 5 nitrogen and oxygen atoms in total. The third-order valence-electron chi connectivity index (χ3n) is 1.78. The van der Waals surface area contributed by atoms with E-state index in [2.05, 4.69) is 0 Å². The van der Waals surface area contributed by atoms with Crippen molar-refractivity contribution < 1.29 is 18.8 Å². The van der Waals surface area contributed by atoms with Crippen molar-refractivity contribution in [3.8, 4) is 5.75 Å². The number of rotatable bonds is 7. The Morgan fingerprint density at radius 3 is 2.12 bits per heavy atom. The van der Waals surface area contributed by atoms with Gasteiger partial charge in [0.1, 0.15) is 5.75 Å². The highest BCUT2D eigenvalue weighted by Gasteiger charge is 2.20. The van der Waals surface area contributed by atoms with E-state index in [1.165, 1.54) is 0 Å². The summed E-state index contributed by atoms with van der Waals surface area (Å²) in [5.41, 5.74) is 2.60. The van der Waals surface area contributed by atoms with Gasteiger partial charge in [0.15, 0.2) is 0 Å². The Morgan fingerprint density at radius 2 is 1.71 bits per heavy atom. The van der Waals surface area contributed by atoms with Crippen LogP contribution in [-0.4, -0.2) is 18.4 Å². The van der Waals surface area contributed by atoms with Crippen molar-refractivity contribution >= 4 is 24.2 Å². The minimum atomic E-state index is -2.71. The molecule has 0 radical (unpaired) electrons. The van der Waals surface area contributed by atoms with Crippen molar-refractivity contribution in [1.82, 2.24) is 0 Å². The number of anilines is 1. The average Bonchev–Trinajstić information content (AvgIpc) is 2.30. The lowest BCUT2D eigenvalue weighted by atomic mass is 10.3. The van der Waals surface area contributed by atoms with E-state index in [1.807, 2.05) is 19.3 Å². The van der Waals surface area contributed by atoms with Crippen molar-refractivity contribution in [3.05, 3.63) is 24.3 Å². The molecule has 7 heteroatoms. The van der Waals surface area contributed by atoms with E-state index in [4.69, 9.17) is 30.6 Å². The van der Waals surface area contributed by atoms with Gasteiger partial charge in [-0.05, 0) is 38.1 Å². The summed E-state index contributed by atoms with van der Waals surface area (Å²) in [6.07, 6.45) is 0. The lowest BCUT2D eigenvalue weighted by Crippen LogP contribution is -2.02. The maximum Gasteiger partial charge on any atom is 0.380 e. The zero-order chi connectivity index (χ0) is 12.7. The van der Waals surface area contributed by atoms with Crippen molar-refractivity contribution in [3.63, 3.8) is 0 Å². The molecule has 17 heavy (non-hydrogen) atoms. The van der Waals surface area contributed by atoms with Crippen LogP contribution in [0, 0.1) is 0 Å². The SMILES string of the molecule is CCOP(=S)(OCC)Oc1ccc(NO)cc1. The molecule has 0 fully saturated rings. The number of nitrogens with one attached hydrogen (secondary N) is 1. The predicted octanol–water partition coefficient (Wildman–Crippen LogP) is 3.16. The number of hydrogen-bond acceptors (Lipinski definition) is 6. The van der Waals surface area contributed by atoms with Crippen LogP contribution in [0.15, 0.2) is 24.3 Å². The molecule has 1 rings (SSSR count). The minimum absolute atomic E-state index is 0.438. The smallest absolute Gasteiger partial charge is 0.380 e. The van der Waals surface area contributed by atoms with Crippen LogP contribution < -0.4 is 10.0 Å². The fourth-order valence-corrected chi connectivity index (χ4v) is 3.21. The molecule has 0 heterocycles. The lowest BCUT2D eigenvalue weighted by molar-refractivity contribution is 0.218. The van der Waals surface area contributed by atoms with Gasteiger partial charge >= 0.3 is 6.72 Å². The van der Waals surface area contributed by atoms with Gasteiger partial charge in [0, 0.05) is 11.8 Å². The number of hydrogen-bond donors (Lipinski definition) is 2. The normalized spacial score (nSPS) is 11.2. The van der Waals surface area contributed by atoms with E-state index >= 15 is 0 Å². The summed E-state index contributed by atoms with van der Waals surface area (Å²) in [4.78, 5) is 0. The molecule has 0 bridgehead atoms. The molecule has 0 unspecified atom stereocenters. The molecule has 0 spiro atoms. The molecule has 96 valence electrons. The average molecular weight is 277 g/mol. The van der Waals surface area contributed by atoms with E-state index in [1.54, 1.807) is 24.3 Å². The zero-order valence-electron chi connectivity index (χ0n) is 9.75. The van der Waals surface area contributed by atoms with Gasteiger partial charge in [-0.15, -0.1) is 0 Å². The molecular weight excluding hydrogens is 261 g/mol. The molecule has 1 aromatic rings. The third-order valence-corrected chi connectivity index (χ3v) is 4.21. The summed E-state index contributed by atoms with van der Waals surface area (Å²) in [5, 5.41) is 8.68. The molecule has 2 N–H and O–H groups in total. The lowest BCUT2D eigenvalue weighted by Gasteiger charge is -2.21. The first-order valence-electron chi connectivity index (χ1n) is 5.22. The number of benzene rings is 1. The van der Waals surface area contributed by atoms with Gasteiger partial charge in [-0.2, -0.15) is 0 Å². The van der Waals surface area contributed by atoms with Gasteiger partial charge in [-0.25, -0.2) is 0 Å². The highest BCUT2D eigenvalue weighted by atomic mass is 32.5. The molecule has 1 aromatic carbocycles. The summed E-state index contributed by atoms with van der Waals surface area (Å²) >= 11 is 5.22. The van der Waals surface area contributed by atoms with E-state index in [0.717, 1.165) is 0 Å². The first kappa shape index (κ1) is 14.4. The molecule has 0 saturated heterocycles. The van der Waals surface area contributed by atoms with Gasteiger partial charge < -0.3 is 4.52 Å². The molecule has 0 aliphatic rings. The largest absolute Gasteiger partial charge is 0.424 e. The molecule has 0 amide bonds. The summed E-state index contributed by atoms with van der Waals surface area (Å²) in [6.45, 7) is 1.83. The third kappa shape index (κ3) is 4.61. The standard InChI is InChI=1S/C10H16NO4PS/c1-3-13-16(17,14-4-2)15-10-7-5-9(11-12)6-8-10/h5-8,11-12H,3-4H2,1-2H3. The summed E-state index contributed by atoms with van der Waals surface area (Å²) in [6, 6.07) is 6.68. The maximum atomic E-state index is 8.68. The quantitative estimate of drug-likeness (QED) is 0.589. The summed E-state index contributed by atoms with van der Waals surface area (Å²) < 4.78 is 16.2. The fourth-order valence-electron chi connectivity index (χ4n) is 1.13. The van der Waals surface area contributed by atoms with Crippen molar-refractivity contribution in [2.45, 2.75) is 13.8 Å². The highest BCUT2D eigenvalue weighted by molar-refractivity contribution is 8.07. The second-order valence-electron chi connectivity index (χ2n) is 3.01. The van der Waals surface area contributed by atoms with E-state index in [0.29, 0.717) is 24.7 Å². The topological polar surface area (TPSA) is 60.0 Å². The van der Waals surface area contributed by atoms with Crippen molar-refractivity contribution in [2.75, 3.05) is 18.7 Å². The van der Waals surface area contributed by atoms with Gasteiger partial charge in [-0.3, -0.25) is 19.7 Å². The molecular formula is C10H16NO4PS. The predicted molar refractivity (Wildman–Crippen MR) is 70.0 cm³/mol. The Balaban J connectivity index is 2.75. The first-order valence-corrected chi connectivity index (χ1v) is 7.78. The highest BCUT2D eigenvalue weighted by Crippen LogP contribution is 2.49. The molecule has 0 aliphatic carbocycles. The van der Waals surface area contributed by atoms with E-state index in [9.17, 15) is 0 Å². The Hall–Kier alpha value is -0.650. The van der Waals surface area contributed by atoms with E-state index < -0.39 is 6.72 Å². The zero-order valence-corrected chi connectivity index (χ0v) is 11.5. The van der Waals surface area contributed by atoms with Crippen LogP contribution in [0.1, 0.15) is 13.8 Å². The van der Waals surface area contributed by atoms with Crippen LogP contribution in [0.3, 0.4) is 0 Å². The van der Waals surface area contributed by atoms with Crippen LogP contribution in [-0.2, 0) is 20.9 Å². The monoisotopic (exact) mass is 277 g/mol. The van der Waals surface area contributed by atoms with Crippen LogP contribution in [0.5, 0.6) is 5.75 Å². The van der Waals surface area contributed by atoms with Gasteiger partial charge in [0.2, 0.25) is 0 Å². The molecule has 0 atom stereocenters. The Bertz CT molecular complexity index is 374. The summed E-state index contributed by atoms with van der Waals surface area (Å²) in [7, 11) is 0. The molecule has 0 saturated carbocycles. The van der Waals surface area contributed by atoms with Gasteiger partial charge in [0.05, 0.1) is 18.9 Å². The van der Waals surface area contributed by atoms with Gasteiger partial charge in [0.25, 0.3) is 0 Å². The second kappa shape index (κ2) is 6.93. The van der Waals surface area contributed by atoms with Crippen molar-refractivity contribution in [2.24, 2.45) is 0 Å². The Kier molecular flexibility index (Phi) is 5.88. The van der Waals surface area contributed by atoms with Gasteiger partial charge in [-0.1, -0.05) is 0 Å². The van der Waals surface area contributed by atoms with E-state index in [-0.39, 0.29) is 0 Å². The second-order valence-corrected chi connectivity index (χ2v) is 5.95. The first-order chi connectivity index (χ1) is 8.13. The maximum absolute atomic E-state index is 8.68. The Labute approximate surface area is 106 Å². The molecule has 0 aliphatic heterocycles. The van der Waals surface area contributed by atoms with Crippen LogP contribution in [0.4, 0.5) is 5.69 Å². The molecule has 0 aromatic heterocycles. The van der Waals surface area contributed by atoms with Crippen LogP contribution in [0.25, 0.3) is 0 Å². The summed E-state index contributed by atoms with van der Waals surface area (Å²) in [5.74, 6) is 0.550. The van der Waals surface area contributed by atoms with Crippen LogP contribution >= 0.6 is 6.72 Å². The van der Waals surface area contributed by atoms with Crippen LogP contribution in [0.2, 0.25) is 0 Å². The Morgan fingerprint density at radius 1 is 1.18 bits per heavy atom. The fraction of sp³-hybridized carbons (Fsp3) is 0.400.